The highest BCUT2D eigenvalue weighted by atomic mass is 16.5. The molecule has 168 valence electrons. The van der Waals surface area contributed by atoms with Crippen LogP contribution in [0, 0.1) is 11.8 Å². The second-order valence-electron chi connectivity index (χ2n) is 9.10. The van der Waals surface area contributed by atoms with Crippen molar-refractivity contribution in [1.29, 1.82) is 0 Å². The van der Waals surface area contributed by atoms with Crippen LogP contribution in [-0.2, 0) is 0 Å². The third-order valence-corrected chi connectivity index (χ3v) is 7.14. The zero-order chi connectivity index (χ0) is 24.1. The van der Waals surface area contributed by atoms with Gasteiger partial charge in [-0.3, -0.25) is 0 Å². The summed E-state index contributed by atoms with van der Waals surface area (Å²) in [6.45, 7) is 0. The Labute approximate surface area is 210 Å². The molecule has 0 aliphatic heterocycles. The van der Waals surface area contributed by atoms with Crippen LogP contribution in [0.15, 0.2) is 115 Å². The highest BCUT2D eigenvalue weighted by Gasteiger charge is 2.26. The monoisotopic (exact) mass is 458 g/mol. The normalized spacial score (nSPS) is 11.8. The quantitative estimate of drug-likeness (QED) is 0.246. The van der Waals surface area contributed by atoms with Gasteiger partial charge < -0.3 is 4.74 Å². The molecule has 1 aliphatic carbocycles. The standard InChI is InChI=1S/C35H22O/c1-36-26-20-17-23(18-21-26)19-22-30-27-15-7-11-24-12-8-16-31(32(24)27)35-33(25-9-3-2-4-10-25)28-13-5-6-14-29(28)34(30)35/h2-18,20-21H,1H3. The minimum Gasteiger partial charge on any atom is -0.497 e. The van der Waals surface area contributed by atoms with Crippen LogP contribution in [0.2, 0.25) is 0 Å². The first kappa shape index (κ1) is 20.6. The molecule has 1 nitrogen and oxygen atoms in total. The van der Waals surface area contributed by atoms with Crippen LogP contribution in [0.1, 0.15) is 22.3 Å². The van der Waals surface area contributed by atoms with Gasteiger partial charge in [0.2, 0.25) is 0 Å². The first-order valence-corrected chi connectivity index (χ1v) is 12.2. The molecule has 0 heterocycles. The van der Waals surface area contributed by atoms with Crippen LogP contribution in [0.25, 0.3) is 38.2 Å². The summed E-state index contributed by atoms with van der Waals surface area (Å²) in [7, 11) is 1.68. The van der Waals surface area contributed by atoms with Crippen molar-refractivity contribution in [2.45, 2.75) is 0 Å². The van der Waals surface area contributed by atoms with Crippen LogP contribution in [0.3, 0.4) is 0 Å². The zero-order valence-electron chi connectivity index (χ0n) is 19.9. The predicted molar refractivity (Wildman–Crippen MR) is 149 cm³/mol. The van der Waals surface area contributed by atoms with Gasteiger partial charge in [-0.25, -0.2) is 0 Å². The highest BCUT2D eigenvalue weighted by molar-refractivity contribution is 6.18. The van der Waals surface area contributed by atoms with E-state index >= 15 is 0 Å². The molecule has 0 saturated carbocycles. The van der Waals surface area contributed by atoms with Crippen LogP contribution >= 0.6 is 0 Å². The van der Waals surface area contributed by atoms with Crippen LogP contribution in [0.4, 0.5) is 0 Å². The largest absolute Gasteiger partial charge is 0.497 e. The molecule has 0 aromatic heterocycles. The van der Waals surface area contributed by atoms with E-state index in [0.29, 0.717) is 0 Å². The van der Waals surface area contributed by atoms with Crippen molar-refractivity contribution in [3.63, 3.8) is 0 Å². The van der Waals surface area contributed by atoms with Crippen LogP contribution in [0.5, 0.6) is 5.75 Å². The SMILES string of the molecule is COc1ccc(C#Cc2c3c(c4cccc5cccc2c54)=C(c2ccccc2)c2ccccc2-3)cc1. The minimum absolute atomic E-state index is 0.835. The third-order valence-electron chi connectivity index (χ3n) is 7.14. The molecule has 0 atom stereocenters. The second kappa shape index (κ2) is 8.15. The first-order chi connectivity index (χ1) is 17.8. The van der Waals surface area contributed by atoms with Crippen LogP contribution < -0.4 is 9.96 Å². The molecule has 1 heteroatoms. The Morgan fingerprint density at radius 2 is 1.28 bits per heavy atom. The summed E-state index contributed by atoms with van der Waals surface area (Å²) < 4.78 is 5.33. The lowest BCUT2D eigenvalue weighted by molar-refractivity contribution is 0.415. The van der Waals surface area contributed by atoms with Gasteiger partial charge in [0, 0.05) is 16.7 Å². The van der Waals surface area contributed by atoms with E-state index in [2.05, 4.69) is 103 Å². The summed E-state index contributed by atoms with van der Waals surface area (Å²) in [5.41, 5.74) is 8.31. The van der Waals surface area contributed by atoms with Crippen molar-refractivity contribution in [3.8, 4) is 28.7 Å². The molecular weight excluding hydrogens is 436 g/mol. The Morgan fingerprint density at radius 1 is 0.583 bits per heavy atom. The van der Waals surface area contributed by atoms with E-state index in [1.54, 1.807) is 7.11 Å². The first-order valence-electron chi connectivity index (χ1n) is 12.2. The summed E-state index contributed by atoms with van der Waals surface area (Å²) in [5, 5.41) is 6.28. The lowest BCUT2D eigenvalue weighted by Gasteiger charge is -2.13. The van der Waals surface area contributed by atoms with Crippen molar-refractivity contribution in [1.82, 2.24) is 0 Å². The molecule has 7 rings (SSSR count). The summed E-state index contributed by atoms with van der Waals surface area (Å²) in [5.74, 6) is 7.90. The van der Waals surface area contributed by atoms with E-state index in [1.165, 1.54) is 54.6 Å². The van der Waals surface area contributed by atoms with E-state index in [9.17, 15) is 0 Å². The number of ether oxygens (including phenoxy) is 1. The van der Waals surface area contributed by atoms with E-state index < -0.39 is 0 Å². The van der Waals surface area contributed by atoms with Gasteiger partial charge >= 0.3 is 0 Å². The molecule has 0 unspecified atom stereocenters. The molecule has 0 bridgehead atoms. The van der Waals surface area contributed by atoms with Crippen molar-refractivity contribution in [3.05, 3.63) is 143 Å². The van der Waals surface area contributed by atoms with Gasteiger partial charge in [-0.2, -0.15) is 0 Å². The number of hydrogen-bond donors (Lipinski definition) is 0. The van der Waals surface area contributed by atoms with Gasteiger partial charge in [0.1, 0.15) is 5.75 Å². The van der Waals surface area contributed by atoms with E-state index in [4.69, 9.17) is 4.74 Å². The van der Waals surface area contributed by atoms with Gasteiger partial charge in [0.25, 0.3) is 0 Å². The van der Waals surface area contributed by atoms with Crippen molar-refractivity contribution in [2.75, 3.05) is 7.11 Å². The maximum Gasteiger partial charge on any atom is 0.118 e. The van der Waals surface area contributed by atoms with Crippen molar-refractivity contribution < 1.29 is 4.74 Å². The summed E-state index contributed by atoms with van der Waals surface area (Å²) >= 11 is 0. The molecule has 0 amide bonds. The lowest BCUT2D eigenvalue weighted by atomic mass is 9.89. The predicted octanol–water partition coefficient (Wildman–Crippen LogP) is 7.35. The van der Waals surface area contributed by atoms with E-state index in [1.807, 2.05) is 24.3 Å². The second-order valence-corrected chi connectivity index (χ2v) is 9.10. The Morgan fingerprint density at radius 3 is 2.03 bits per heavy atom. The summed E-state index contributed by atoms with van der Waals surface area (Å²) in [6, 6.07) is 40.7. The molecule has 36 heavy (non-hydrogen) atoms. The molecule has 0 saturated heterocycles. The zero-order valence-corrected chi connectivity index (χ0v) is 19.9. The maximum atomic E-state index is 5.33. The van der Waals surface area contributed by atoms with E-state index in [0.717, 1.165) is 16.9 Å². The fourth-order valence-corrected chi connectivity index (χ4v) is 5.58. The number of rotatable bonds is 2. The lowest BCUT2D eigenvalue weighted by Crippen LogP contribution is -2.10. The minimum atomic E-state index is 0.835. The average Bonchev–Trinajstić information content (AvgIpc) is 3.29. The molecule has 0 N–H and O–H groups in total. The number of fused-ring (bicyclic) bond motifs is 4. The molecule has 6 aromatic carbocycles. The fourth-order valence-electron chi connectivity index (χ4n) is 5.58. The molecule has 0 spiro atoms. The molecule has 1 aliphatic rings. The van der Waals surface area contributed by atoms with Gasteiger partial charge in [0.15, 0.2) is 0 Å². The molecule has 0 fully saturated rings. The maximum absolute atomic E-state index is 5.33. The summed E-state index contributed by atoms with van der Waals surface area (Å²) in [4.78, 5) is 0. The van der Waals surface area contributed by atoms with Crippen molar-refractivity contribution in [2.24, 2.45) is 0 Å². The Hall–Kier alpha value is -4.80. The Balaban J connectivity index is 1.66. The van der Waals surface area contributed by atoms with Gasteiger partial charge in [-0.1, -0.05) is 103 Å². The highest BCUT2D eigenvalue weighted by Crippen LogP contribution is 2.41. The smallest absolute Gasteiger partial charge is 0.118 e. The number of benzene rings is 6. The summed E-state index contributed by atoms with van der Waals surface area (Å²) in [6.07, 6.45) is 0. The van der Waals surface area contributed by atoms with Crippen molar-refractivity contribution >= 4 is 27.1 Å². The third kappa shape index (κ3) is 3.05. The van der Waals surface area contributed by atoms with Crippen LogP contribution in [-0.4, -0.2) is 7.11 Å². The topological polar surface area (TPSA) is 9.23 Å². The fraction of sp³-hybridized carbons (Fsp3) is 0.0286. The number of hydrogen-bond acceptors (Lipinski definition) is 1. The van der Waals surface area contributed by atoms with Gasteiger partial charge in [-0.05, 0) is 73.3 Å². The van der Waals surface area contributed by atoms with Gasteiger partial charge in [0.05, 0.1) is 7.11 Å². The Kier molecular flexibility index (Phi) is 4.66. The molecular formula is C35H22O. The number of methoxy groups -OCH3 is 1. The Bertz CT molecular complexity index is 1890. The van der Waals surface area contributed by atoms with E-state index in [-0.39, 0.29) is 0 Å². The molecule has 6 aromatic rings. The molecule has 0 radical (unpaired) electrons. The average molecular weight is 459 g/mol. The van der Waals surface area contributed by atoms with Gasteiger partial charge in [-0.15, -0.1) is 0 Å².